The van der Waals surface area contributed by atoms with Crippen LogP contribution in [0.1, 0.15) is 23.7 Å². The third-order valence-electron chi connectivity index (χ3n) is 3.28. The summed E-state index contributed by atoms with van der Waals surface area (Å²) in [4.78, 5) is 16.1. The van der Waals surface area contributed by atoms with Crippen LogP contribution in [0, 0.1) is 0 Å². The highest BCUT2D eigenvalue weighted by molar-refractivity contribution is 6.31. The number of ether oxygens (including phenoxy) is 2. The minimum absolute atomic E-state index is 0.0372. The van der Waals surface area contributed by atoms with Crippen LogP contribution in [0.5, 0.6) is 17.2 Å². The molecule has 0 radical (unpaired) electrons. The normalized spacial score (nSPS) is 11.8. The van der Waals surface area contributed by atoms with E-state index in [1.54, 1.807) is 20.1 Å². The van der Waals surface area contributed by atoms with E-state index in [1.165, 1.54) is 6.20 Å². The first-order valence-electron chi connectivity index (χ1n) is 6.49. The Kier molecular flexibility index (Phi) is 3.43. The summed E-state index contributed by atoms with van der Waals surface area (Å²) in [6.07, 6.45) is 1.83. The summed E-state index contributed by atoms with van der Waals surface area (Å²) >= 11 is 6.08. The second-order valence-electron chi connectivity index (χ2n) is 4.50. The Bertz CT molecular complexity index is 731. The number of nitrogens with zero attached hydrogens (tertiary/aromatic N) is 1. The lowest BCUT2D eigenvalue weighted by Crippen LogP contribution is -2.11. The van der Waals surface area contributed by atoms with Crippen LogP contribution >= 0.6 is 11.6 Å². The van der Waals surface area contributed by atoms with Crippen molar-refractivity contribution in [2.24, 2.45) is 0 Å². The van der Waals surface area contributed by atoms with Crippen LogP contribution in [0.15, 0.2) is 24.4 Å². The number of fused-ring (bicyclic) bond motifs is 2. The van der Waals surface area contributed by atoms with E-state index in [-0.39, 0.29) is 10.9 Å². The van der Waals surface area contributed by atoms with Crippen LogP contribution in [0.2, 0.25) is 5.15 Å². The fourth-order valence-electron chi connectivity index (χ4n) is 2.21. The van der Waals surface area contributed by atoms with E-state index in [4.69, 9.17) is 21.1 Å². The zero-order chi connectivity index (χ0) is 15.0. The van der Waals surface area contributed by atoms with Crippen molar-refractivity contribution in [3.63, 3.8) is 0 Å². The molecule has 1 N–H and O–H groups in total. The molecule has 0 atom stereocenters. The lowest BCUT2D eigenvalue weighted by atomic mass is 10.1. The molecule has 1 aliphatic heterocycles. The number of ketones is 1. The Hall–Kier alpha value is -2.27. The van der Waals surface area contributed by atoms with Gasteiger partial charge < -0.3 is 14.8 Å². The summed E-state index contributed by atoms with van der Waals surface area (Å²) in [5.74, 6) is 1.52. The van der Waals surface area contributed by atoms with Gasteiger partial charge in [0.15, 0.2) is 22.4 Å². The molecule has 5 nitrogen and oxygen atoms in total. The van der Waals surface area contributed by atoms with Gasteiger partial charge in [0.05, 0.1) is 18.4 Å². The molecule has 108 valence electrons. The number of hydrogen-bond donors (Lipinski definition) is 1. The van der Waals surface area contributed by atoms with E-state index in [2.05, 4.69) is 10.3 Å². The van der Waals surface area contributed by atoms with Crippen molar-refractivity contribution in [3.8, 4) is 17.2 Å². The van der Waals surface area contributed by atoms with Gasteiger partial charge in [-0.25, -0.2) is 4.98 Å². The Labute approximate surface area is 126 Å². The number of anilines is 2. The van der Waals surface area contributed by atoms with Crippen molar-refractivity contribution in [3.05, 3.63) is 35.1 Å². The molecule has 0 amide bonds. The minimum Gasteiger partial charge on any atom is -0.494 e. The van der Waals surface area contributed by atoms with Gasteiger partial charge in [0, 0.05) is 12.6 Å². The maximum Gasteiger partial charge on any atom is 0.188 e. The number of rotatable bonds is 3. The lowest BCUT2D eigenvalue weighted by Gasteiger charge is -2.25. The maximum atomic E-state index is 12.1. The summed E-state index contributed by atoms with van der Waals surface area (Å²) in [7, 11) is 1.57. The van der Waals surface area contributed by atoms with Gasteiger partial charge in [-0.05, 0) is 12.1 Å². The van der Waals surface area contributed by atoms with E-state index < -0.39 is 0 Å². The highest BCUT2D eigenvalue weighted by atomic mass is 35.5. The van der Waals surface area contributed by atoms with Gasteiger partial charge in [0.25, 0.3) is 0 Å². The number of benzene rings is 1. The topological polar surface area (TPSA) is 60.5 Å². The SMILES string of the molecule is CCC(=O)c1cnc(Cl)c2c1Nc1c(OC)cccc1O2. The van der Waals surface area contributed by atoms with Crippen LogP contribution in [0.3, 0.4) is 0 Å². The van der Waals surface area contributed by atoms with Gasteiger partial charge in [0.1, 0.15) is 11.4 Å². The van der Waals surface area contributed by atoms with Crippen LogP contribution in [-0.4, -0.2) is 17.9 Å². The predicted octanol–water partition coefficient (Wildman–Crippen LogP) is 4.19. The quantitative estimate of drug-likeness (QED) is 0.581. The minimum atomic E-state index is -0.0372. The standard InChI is InChI=1S/C15H13ClN2O3/c1-3-9(19)8-7-17-15(16)14-12(8)18-13-10(20-2)5-4-6-11(13)21-14/h4-7,18H,3H2,1-2H3. The number of nitrogens with one attached hydrogen (secondary N) is 1. The molecule has 1 aliphatic rings. The molecule has 2 aromatic rings. The number of para-hydroxylation sites is 1. The third-order valence-corrected chi connectivity index (χ3v) is 3.55. The molecule has 2 heterocycles. The number of halogens is 1. The second-order valence-corrected chi connectivity index (χ2v) is 4.86. The second kappa shape index (κ2) is 5.26. The molecule has 0 bridgehead atoms. The van der Waals surface area contributed by atoms with Gasteiger partial charge in [-0.15, -0.1) is 0 Å². The van der Waals surface area contributed by atoms with Crippen molar-refractivity contribution in [2.45, 2.75) is 13.3 Å². The molecule has 0 aliphatic carbocycles. The summed E-state index contributed by atoms with van der Waals surface area (Å²) in [5, 5.41) is 3.40. The van der Waals surface area contributed by atoms with Gasteiger partial charge in [-0.2, -0.15) is 0 Å². The van der Waals surface area contributed by atoms with Crippen LogP contribution < -0.4 is 14.8 Å². The van der Waals surface area contributed by atoms with E-state index in [9.17, 15) is 4.79 Å². The number of aromatic nitrogens is 1. The van der Waals surface area contributed by atoms with Crippen molar-refractivity contribution in [1.82, 2.24) is 4.98 Å². The molecule has 6 heteroatoms. The largest absolute Gasteiger partial charge is 0.494 e. The van der Waals surface area contributed by atoms with Gasteiger partial charge in [-0.1, -0.05) is 24.6 Å². The predicted molar refractivity (Wildman–Crippen MR) is 80.2 cm³/mol. The molecule has 0 fully saturated rings. The summed E-state index contributed by atoms with van der Waals surface area (Å²) in [6, 6.07) is 5.41. The van der Waals surface area contributed by atoms with Crippen molar-refractivity contribution in [2.75, 3.05) is 12.4 Å². The number of carbonyl (C=O) groups excluding carboxylic acids is 1. The number of pyridine rings is 1. The van der Waals surface area contributed by atoms with Crippen LogP contribution in [0.4, 0.5) is 11.4 Å². The summed E-state index contributed by atoms with van der Waals surface area (Å²) < 4.78 is 11.1. The Morgan fingerprint density at radius 1 is 1.43 bits per heavy atom. The Morgan fingerprint density at radius 2 is 2.24 bits per heavy atom. The van der Waals surface area contributed by atoms with Crippen molar-refractivity contribution in [1.29, 1.82) is 0 Å². The van der Waals surface area contributed by atoms with Gasteiger partial charge >= 0.3 is 0 Å². The Balaban J connectivity index is 2.17. The first kappa shape index (κ1) is 13.7. The molecule has 0 unspecified atom stereocenters. The van der Waals surface area contributed by atoms with Crippen molar-refractivity contribution >= 4 is 28.8 Å². The van der Waals surface area contributed by atoms with E-state index >= 15 is 0 Å². The third kappa shape index (κ3) is 2.19. The highest BCUT2D eigenvalue weighted by Gasteiger charge is 2.27. The molecular formula is C15H13ClN2O3. The summed E-state index contributed by atoms with van der Waals surface area (Å²) in [5.41, 5.74) is 1.65. The monoisotopic (exact) mass is 304 g/mol. The highest BCUT2D eigenvalue weighted by Crippen LogP contribution is 2.49. The number of carbonyl (C=O) groups is 1. The number of methoxy groups -OCH3 is 1. The summed E-state index contributed by atoms with van der Waals surface area (Å²) in [6.45, 7) is 1.79. The number of hydrogen-bond acceptors (Lipinski definition) is 5. The smallest absolute Gasteiger partial charge is 0.188 e. The van der Waals surface area contributed by atoms with Gasteiger partial charge in [0.2, 0.25) is 0 Å². The molecule has 1 aromatic carbocycles. The molecule has 1 aromatic heterocycles. The first-order chi connectivity index (χ1) is 10.2. The zero-order valence-electron chi connectivity index (χ0n) is 11.6. The molecule has 21 heavy (non-hydrogen) atoms. The average molecular weight is 305 g/mol. The molecule has 0 spiro atoms. The maximum absolute atomic E-state index is 12.1. The molecule has 0 saturated heterocycles. The van der Waals surface area contributed by atoms with Gasteiger partial charge in [-0.3, -0.25) is 4.79 Å². The number of Topliss-reactive ketones (excluding diaryl/α,β-unsaturated/α-hetero) is 1. The fourth-order valence-corrected chi connectivity index (χ4v) is 2.40. The van der Waals surface area contributed by atoms with Crippen molar-refractivity contribution < 1.29 is 14.3 Å². The fraction of sp³-hybridized carbons (Fsp3) is 0.200. The molecule has 0 saturated carbocycles. The van der Waals surface area contributed by atoms with E-state index in [1.807, 2.05) is 12.1 Å². The molecular weight excluding hydrogens is 292 g/mol. The van der Waals surface area contributed by atoms with E-state index in [0.717, 1.165) is 0 Å². The lowest BCUT2D eigenvalue weighted by molar-refractivity contribution is 0.0988. The average Bonchev–Trinajstić information content (AvgIpc) is 2.52. The first-order valence-corrected chi connectivity index (χ1v) is 6.87. The van der Waals surface area contributed by atoms with Crippen LogP contribution in [0.25, 0.3) is 0 Å². The van der Waals surface area contributed by atoms with E-state index in [0.29, 0.717) is 40.6 Å². The molecule has 3 rings (SSSR count). The van der Waals surface area contributed by atoms with Crippen LogP contribution in [-0.2, 0) is 0 Å². The Morgan fingerprint density at radius 3 is 2.95 bits per heavy atom. The zero-order valence-corrected chi connectivity index (χ0v) is 12.3.